The van der Waals surface area contributed by atoms with Gasteiger partial charge in [0, 0.05) is 6.04 Å². The third-order valence-corrected chi connectivity index (χ3v) is 5.38. The maximum Gasteiger partial charge on any atom is 0.00388 e. The van der Waals surface area contributed by atoms with Gasteiger partial charge in [0.05, 0.1) is 0 Å². The van der Waals surface area contributed by atoms with Crippen LogP contribution in [0.1, 0.15) is 130 Å². The molecule has 0 saturated heterocycles. The highest BCUT2D eigenvalue weighted by Gasteiger charge is 2.03. The molecule has 0 heterocycles. The van der Waals surface area contributed by atoms with Crippen molar-refractivity contribution in [3.63, 3.8) is 0 Å². The van der Waals surface area contributed by atoms with Crippen molar-refractivity contribution in [1.29, 1.82) is 0 Å². The molecule has 160 valence electrons. The summed E-state index contributed by atoms with van der Waals surface area (Å²) in [7, 11) is 0. The number of nitrogens with two attached hydrogens (primary N) is 1. The lowest BCUT2D eigenvalue weighted by Gasteiger charge is -2.12. The highest BCUT2D eigenvalue weighted by atomic mass is 14.6. The van der Waals surface area contributed by atoms with E-state index in [-0.39, 0.29) is 0 Å². The number of hydrogen-bond acceptors (Lipinski definition) is 1. The molecule has 1 nitrogen and oxygen atoms in total. The first-order valence-electron chi connectivity index (χ1n) is 12.2. The van der Waals surface area contributed by atoms with Crippen LogP contribution in [0.3, 0.4) is 0 Å². The Kier molecular flexibility index (Phi) is 21.3. The van der Waals surface area contributed by atoms with Gasteiger partial charge in [-0.25, -0.2) is 0 Å². The Hall–Kier alpha value is -0.560. The van der Waals surface area contributed by atoms with Crippen LogP contribution in [0.4, 0.5) is 0 Å². The van der Waals surface area contributed by atoms with Gasteiger partial charge in [-0.05, 0) is 50.9 Å². The van der Waals surface area contributed by atoms with Crippen LogP contribution in [0.15, 0.2) is 24.3 Å². The van der Waals surface area contributed by atoms with Crippen molar-refractivity contribution < 1.29 is 0 Å². The molecule has 1 unspecified atom stereocenters. The summed E-state index contributed by atoms with van der Waals surface area (Å²) in [5.41, 5.74) is 6.22. The third-order valence-electron chi connectivity index (χ3n) is 5.38. The van der Waals surface area contributed by atoms with E-state index in [1.807, 2.05) is 0 Å². The minimum atomic E-state index is 0.446. The Labute approximate surface area is 172 Å². The summed E-state index contributed by atoms with van der Waals surface area (Å²) in [5.74, 6) is 0.824. The Balaban J connectivity index is 3.23. The summed E-state index contributed by atoms with van der Waals surface area (Å²) < 4.78 is 0. The summed E-state index contributed by atoms with van der Waals surface area (Å²) >= 11 is 0. The molecule has 0 aromatic rings. The van der Waals surface area contributed by atoms with Crippen LogP contribution in [0, 0.1) is 5.92 Å². The first-order valence-corrected chi connectivity index (χ1v) is 12.2. The normalized spacial score (nSPS) is 13.4. The largest absolute Gasteiger partial charge is 0.328 e. The third kappa shape index (κ3) is 23.4. The average molecular weight is 378 g/mol. The molecule has 0 aliphatic carbocycles. The second kappa shape index (κ2) is 21.7. The quantitative estimate of drug-likeness (QED) is 0.166. The first-order chi connectivity index (χ1) is 13.2. The molecule has 0 aromatic carbocycles. The maximum absolute atomic E-state index is 6.22. The van der Waals surface area contributed by atoms with E-state index in [1.54, 1.807) is 0 Å². The van der Waals surface area contributed by atoms with Gasteiger partial charge in [-0.2, -0.15) is 0 Å². The van der Waals surface area contributed by atoms with Crippen molar-refractivity contribution in [2.24, 2.45) is 11.7 Å². The smallest absolute Gasteiger partial charge is 0.00388 e. The molecule has 27 heavy (non-hydrogen) atoms. The van der Waals surface area contributed by atoms with Crippen LogP contribution >= 0.6 is 0 Å². The van der Waals surface area contributed by atoms with E-state index in [1.165, 1.54) is 103 Å². The van der Waals surface area contributed by atoms with Crippen LogP contribution in [-0.4, -0.2) is 6.04 Å². The Bertz CT molecular complexity index is 329. The molecular formula is C26H51N. The maximum atomic E-state index is 6.22. The minimum absolute atomic E-state index is 0.446. The highest BCUT2D eigenvalue weighted by Crippen LogP contribution is 2.14. The lowest BCUT2D eigenvalue weighted by atomic mass is 9.99. The molecule has 0 fully saturated rings. The van der Waals surface area contributed by atoms with E-state index in [4.69, 9.17) is 5.73 Å². The topological polar surface area (TPSA) is 26.0 Å². The van der Waals surface area contributed by atoms with Crippen LogP contribution in [0.25, 0.3) is 0 Å². The van der Waals surface area contributed by atoms with E-state index in [0.29, 0.717) is 6.04 Å². The van der Waals surface area contributed by atoms with Gasteiger partial charge < -0.3 is 5.73 Å². The summed E-state index contributed by atoms with van der Waals surface area (Å²) in [5, 5.41) is 0. The van der Waals surface area contributed by atoms with Gasteiger partial charge in [-0.3, -0.25) is 0 Å². The van der Waals surface area contributed by atoms with Crippen molar-refractivity contribution >= 4 is 0 Å². The highest BCUT2D eigenvalue weighted by molar-refractivity contribution is 4.92. The molecule has 0 spiro atoms. The van der Waals surface area contributed by atoms with Crippen molar-refractivity contribution in [2.45, 2.75) is 136 Å². The molecule has 1 atom stereocenters. The predicted molar refractivity (Wildman–Crippen MR) is 125 cm³/mol. The molecule has 0 amide bonds. The van der Waals surface area contributed by atoms with Gasteiger partial charge in [-0.1, -0.05) is 109 Å². The Morgan fingerprint density at radius 1 is 0.593 bits per heavy atom. The van der Waals surface area contributed by atoms with Gasteiger partial charge in [0.2, 0.25) is 0 Å². The van der Waals surface area contributed by atoms with E-state index in [9.17, 15) is 0 Å². The number of allylic oxidation sites excluding steroid dienone is 4. The van der Waals surface area contributed by atoms with Crippen molar-refractivity contribution in [1.82, 2.24) is 0 Å². The zero-order valence-electron chi connectivity index (χ0n) is 19.1. The molecule has 0 rings (SSSR count). The monoisotopic (exact) mass is 377 g/mol. The van der Waals surface area contributed by atoms with Crippen LogP contribution in [0.5, 0.6) is 0 Å². The zero-order chi connectivity index (χ0) is 20.0. The average Bonchev–Trinajstić information content (AvgIpc) is 2.64. The number of rotatable bonds is 20. The van der Waals surface area contributed by atoms with E-state index >= 15 is 0 Å². The molecule has 0 radical (unpaired) electrons. The Morgan fingerprint density at radius 2 is 1.11 bits per heavy atom. The van der Waals surface area contributed by atoms with Crippen molar-refractivity contribution in [3.8, 4) is 0 Å². The second-order valence-electron chi connectivity index (χ2n) is 8.81. The zero-order valence-corrected chi connectivity index (χ0v) is 19.1. The van der Waals surface area contributed by atoms with E-state index in [2.05, 4.69) is 45.1 Å². The standard InChI is InChI=1S/C26H51N/c1-4-5-6-7-8-9-10-11-12-13-14-15-16-17-18-19-20-23-26(27)24-21-22-25(2)3/h8-9,11-12,25-26H,4-7,10,13-24,27H2,1-3H3/b9-8+,12-11+. The summed E-state index contributed by atoms with van der Waals surface area (Å²) in [4.78, 5) is 0. The number of hydrogen-bond donors (Lipinski definition) is 1. The molecule has 0 bridgehead atoms. The Morgan fingerprint density at radius 3 is 1.70 bits per heavy atom. The first kappa shape index (κ1) is 26.4. The fourth-order valence-corrected chi connectivity index (χ4v) is 3.50. The van der Waals surface area contributed by atoms with E-state index in [0.717, 1.165) is 12.3 Å². The molecule has 0 aromatic heterocycles. The van der Waals surface area contributed by atoms with Gasteiger partial charge in [0.1, 0.15) is 0 Å². The second-order valence-corrected chi connectivity index (χ2v) is 8.81. The van der Waals surface area contributed by atoms with Crippen LogP contribution in [0.2, 0.25) is 0 Å². The van der Waals surface area contributed by atoms with Crippen LogP contribution < -0.4 is 5.73 Å². The molecule has 2 N–H and O–H groups in total. The molecule has 1 heteroatoms. The number of unbranched alkanes of at least 4 members (excludes halogenated alkanes) is 10. The van der Waals surface area contributed by atoms with E-state index < -0.39 is 0 Å². The molecular weight excluding hydrogens is 326 g/mol. The molecule has 0 saturated carbocycles. The summed E-state index contributed by atoms with van der Waals surface area (Å²) in [6, 6.07) is 0.446. The van der Waals surface area contributed by atoms with Gasteiger partial charge in [0.15, 0.2) is 0 Å². The van der Waals surface area contributed by atoms with Gasteiger partial charge in [-0.15, -0.1) is 0 Å². The predicted octanol–water partition coefficient (Wildman–Crippen LogP) is 8.73. The summed E-state index contributed by atoms with van der Waals surface area (Å²) in [6.45, 7) is 6.87. The fourth-order valence-electron chi connectivity index (χ4n) is 3.50. The van der Waals surface area contributed by atoms with Crippen LogP contribution in [-0.2, 0) is 0 Å². The summed E-state index contributed by atoms with van der Waals surface area (Å²) in [6.07, 6.45) is 31.8. The molecule has 0 aliphatic heterocycles. The van der Waals surface area contributed by atoms with Crippen molar-refractivity contribution in [3.05, 3.63) is 24.3 Å². The SMILES string of the molecule is CCCCC/C=C/C/C=C/CCCCCCCCCC(N)CCCC(C)C. The minimum Gasteiger partial charge on any atom is -0.328 e. The fraction of sp³-hybridized carbons (Fsp3) is 0.846. The lowest BCUT2D eigenvalue weighted by Crippen LogP contribution is -2.19. The van der Waals surface area contributed by atoms with Crippen molar-refractivity contribution in [2.75, 3.05) is 0 Å². The van der Waals surface area contributed by atoms with Gasteiger partial charge in [0.25, 0.3) is 0 Å². The van der Waals surface area contributed by atoms with Gasteiger partial charge >= 0.3 is 0 Å². The lowest BCUT2D eigenvalue weighted by molar-refractivity contribution is 0.463. The molecule has 0 aliphatic rings.